The molecule has 0 saturated heterocycles. The molecule has 94 valence electrons. The summed E-state index contributed by atoms with van der Waals surface area (Å²) >= 11 is 0. The van der Waals surface area contributed by atoms with E-state index >= 15 is 0 Å². The van der Waals surface area contributed by atoms with Gasteiger partial charge >= 0.3 is 29.6 Å². The fraction of sp³-hybridized carbons (Fsp3) is 0. The van der Waals surface area contributed by atoms with E-state index in [-0.39, 0.29) is 46.4 Å². The van der Waals surface area contributed by atoms with Crippen molar-refractivity contribution in [3.8, 4) is 22.6 Å². The molecule has 0 saturated carbocycles. The van der Waals surface area contributed by atoms with E-state index in [2.05, 4.69) is 0 Å². The van der Waals surface area contributed by atoms with Gasteiger partial charge in [-0.3, -0.25) is 0 Å². The van der Waals surface area contributed by atoms with E-state index < -0.39 is 20.8 Å². The Morgan fingerprint density at radius 3 is 2.11 bits per heavy atom. The zero-order valence-electron chi connectivity index (χ0n) is 10.1. The minimum absolute atomic E-state index is 0. The Labute approximate surface area is 132 Å². The van der Waals surface area contributed by atoms with E-state index in [9.17, 15) is 23.2 Å². The Bertz CT molecular complexity index is 697. The smallest absolute Gasteiger partial charge is 0.744 e. The summed E-state index contributed by atoms with van der Waals surface area (Å²) in [6.07, 6.45) is 0. The minimum atomic E-state index is -4.65. The molecule has 0 aromatic heterocycles. The number of rotatable bonds is 2. The van der Waals surface area contributed by atoms with Crippen LogP contribution in [-0.4, -0.2) is 23.2 Å². The van der Waals surface area contributed by atoms with Gasteiger partial charge in [-0.1, -0.05) is 30.3 Å². The summed E-state index contributed by atoms with van der Waals surface area (Å²) in [6.45, 7) is 0. The molecule has 0 amide bonds. The van der Waals surface area contributed by atoms with Crippen LogP contribution in [0.3, 0.4) is 0 Å². The number of hydrogen-bond acceptors (Lipinski definition) is 5. The molecule has 0 spiro atoms. The Balaban J connectivity index is 0.00000180. The van der Waals surface area contributed by atoms with Crippen LogP contribution < -0.4 is 29.6 Å². The van der Waals surface area contributed by atoms with Gasteiger partial charge in [0.2, 0.25) is 0 Å². The zero-order valence-corrected chi connectivity index (χ0v) is 12.9. The van der Waals surface area contributed by atoms with Crippen molar-refractivity contribution in [3.63, 3.8) is 0 Å². The molecule has 0 aliphatic rings. The third kappa shape index (κ3) is 3.29. The number of phenols is 2. The van der Waals surface area contributed by atoms with Crippen LogP contribution in [0.4, 0.5) is 0 Å². The quantitative estimate of drug-likeness (QED) is 0.405. The molecule has 0 bridgehead atoms. The van der Waals surface area contributed by atoms with Gasteiger partial charge < -0.3 is 14.8 Å². The van der Waals surface area contributed by atoms with Crippen LogP contribution in [0.1, 0.15) is 0 Å². The van der Waals surface area contributed by atoms with E-state index in [4.69, 9.17) is 0 Å². The van der Waals surface area contributed by atoms with Crippen molar-refractivity contribution >= 4 is 10.1 Å². The molecule has 0 fully saturated rings. The Morgan fingerprint density at radius 2 is 1.47 bits per heavy atom. The summed E-state index contributed by atoms with van der Waals surface area (Å²) in [6, 6.07) is 9.60. The normalized spacial score (nSPS) is 10.8. The maximum atomic E-state index is 11.1. The number of phenolic OH excluding ortho intramolecular Hbond substituents is 2. The van der Waals surface area contributed by atoms with E-state index in [1.54, 1.807) is 0 Å². The SMILES string of the molecule is O=S(=O)([O-])c1ccccc1-c1cccc(O)c1O.[Na+]. The van der Waals surface area contributed by atoms with Gasteiger partial charge in [-0.2, -0.15) is 0 Å². The topological polar surface area (TPSA) is 97.7 Å². The average molecular weight is 288 g/mol. The van der Waals surface area contributed by atoms with Crippen LogP contribution in [-0.2, 0) is 10.1 Å². The molecule has 5 nitrogen and oxygen atoms in total. The number of para-hydroxylation sites is 1. The summed E-state index contributed by atoms with van der Waals surface area (Å²) in [5.74, 6) is -0.848. The maximum Gasteiger partial charge on any atom is 1.00 e. The van der Waals surface area contributed by atoms with Crippen LogP contribution in [0, 0.1) is 0 Å². The van der Waals surface area contributed by atoms with Crippen molar-refractivity contribution in [1.82, 2.24) is 0 Å². The molecular formula is C12H9NaO5S. The predicted octanol–water partition coefficient (Wildman–Crippen LogP) is -1.33. The fourth-order valence-corrected chi connectivity index (χ4v) is 2.35. The molecule has 19 heavy (non-hydrogen) atoms. The van der Waals surface area contributed by atoms with E-state index in [1.807, 2.05) is 0 Å². The Hall–Kier alpha value is -1.05. The third-order valence-electron chi connectivity index (χ3n) is 2.46. The summed E-state index contributed by atoms with van der Waals surface area (Å²) < 4.78 is 33.4. The van der Waals surface area contributed by atoms with E-state index in [0.717, 1.165) is 6.07 Å². The second kappa shape index (κ2) is 5.94. The molecule has 2 rings (SSSR count). The number of benzene rings is 2. The van der Waals surface area contributed by atoms with Gasteiger partial charge in [-0.05, 0) is 12.1 Å². The second-order valence-electron chi connectivity index (χ2n) is 3.62. The minimum Gasteiger partial charge on any atom is -0.744 e. The van der Waals surface area contributed by atoms with Crippen LogP contribution in [0.2, 0.25) is 0 Å². The molecule has 0 aliphatic carbocycles. The first-order valence-corrected chi connectivity index (χ1v) is 6.38. The largest absolute Gasteiger partial charge is 1.00 e. The van der Waals surface area contributed by atoms with Crippen molar-refractivity contribution in [3.05, 3.63) is 42.5 Å². The Morgan fingerprint density at radius 1 is 0.895 bits per heavy atom. The molecule has 0 radical (unpaired) electrons. The van der Waals surface area contributed by atoms with Crippen molar-refractivity contribution in [2.75, 3.05) is 0 Å². The monoisotopic (exact) mass is 288 g/mol. The summed E-state index contributed by atoms with van der Waals surface area (Å²) in [5, 5.41) is 19.1. The van der Waals surface area contributed by atoms with Crippen molar-refractivity contribution in [1.29, 1.82) is 0 Å². The van der Waals surface area contributed by atoms with E-state index in [1.165, 1.54) is 36.4 Å². The third-order valence-corrected chi connectivity index (χ3v) is 3.36. The molecule has 2 N–H and O–H groups in total. The Kier molecular flexibility index (Phi) is 5.00. The molecular weight excluding hydrogens is 279 g/mol. The van der Waals surface area contributed by atoms with Gasteiger partial charge in [-0.15, -0.1) is 0 Å². The maximum absolute atomic E-state index is 11.1. The van der Waals surface area contributed by atoms with Gasteiger partial charge in [0.15, 0.2) is 11.5 Å². The number of aromatic hydroxyl groups is 2. The van der Waals surface area contributed by atoms with E-state index in [0.29, 0.717) is 0 Å². The average Bonchev–Trinajstić information content (AvgIpc) is 2.32. The zero-order chi connectivity index (χ0) is 13.3. The molecule has 2 aromatic carbocycles. The molecule has 0 atom stereocenters. The standard InChI is InChI=1S/C12H10O5S.Na/c13-10-6-3-5-9(12(10)14)8-4-1-2-7-11(8)18(15,16)17;/h1-7,13-14H,(H,15,16,17);/q;+1/p-1. The first-order chi connectivity index (χ1) is 8.41. The van der Waals surface area contributed by atoms with Crippen LogP contribution in [0.15, 0.2) is 47.4 Å². The molecule has 2 aromatic rings. The van der Waals surface area contributed by atoms with Crippen molar-refractivity contribution in [2.45, 2.75) is 4.90 Å². The van der Waals surface area contributed by atoms with Crippen LogP contribution >= 0.6 is 0 Å². The van der Waals surface area contributed by atoms with Gasteiger partial charge in [0, 0.05) is 11.1 Å². The van der Waals surface area contributed by atoms with Gasteiger partial charge in [0.1, 0.15) is 10.1 Å². The van der Waals surface area contributed by atoms with Gasteiger partial charge in [0.05, 0.1) is 4.90 Å². The summed E-state index contributed by atoms with van der Waals surface area (Å²) in [7, 11) is -4.65. The summed E-state index contributed by atoms with van der Waals surface area (Å²) in [5.41, 5.74) is 0.144. The predicted molar refractivity (Wildman–Crippen MR) is 63.2 cm³/mol. The first kappa shape index (κ1) is 16.0. The number of hydrogen-bond donors (Lipinski definition) is 2. The molecule has 0 aliphatic heterocycles. The van der Waals surface area contributed by atoms with Crippen LogP contribution in [0.25, 0.3) is 11.1 Å². The first-order valence-electron chi connectivity index (χ1n) is 4.97. The van der Waals surface area contributed by atoms with Crippen LogP contribution in [0.5, 0.6) is 11.5 Å². The summed E-state index contributed by atoms with van der Waals surface area (Å²) in [4.78, 5) is -0.439. The van der Waals surface area contributed by atoms with Gasteiger partial charge in [0.25, 0.3) is 0 Å². The fourth-order valence-electron chi connectivity index (χ4n) is 1.66. The second-order valence-corrected chi connectivity index (χ2v) is 4.97. The van der Waals surface area contributed by atoms with Crippen molar-refractivity contribution < 1.29 is 52.7 Å². The van der Waals surface area contributed by atoms with Gasteiger partial charge in [-0.25, -0.2) is 8.42 Å². The molecule has 7 heteroatoms. The van der Waals surface area contributed by atoms with Crippen molar-refractivity contribution in [2.24, 2.45) is 0 Å². The molecule has 0 unspecified atom stereocenters. The molecule has 0 heterocycles.